The van der Waals surface area contributed by atoms with E-state index in [4.69, 9.17) is 4.74 Å². The van der Waals surface area contributed by atoms with Gasteiger partial charge in [-0.3, -0.25) is 5.10 Å². The first-order valence-electron chi connectivity index (χ1n) is 5.04. The second-order valence-electron chi connectivity index (χ2n) is 3.15. The van der Waals surface area contributed by atoms with E-state index in [1.54, 1.807) is 18.9 Å². The van der Waals surface area contributed by atoms with Gasteiger partial charge in [0.25, 0.3) is 0 Å². The molecule has 0 bridgehead atoms. The van der Waals surface area contributed by atoms with Crippen LogP contribution < -0.4 is 5.32 Å². The highest BCUT2D eigenvalue weighted by Crippen LogP contribution is 2.12. The molecule has 15 heavy (non-hydrogen) atoms. The summed E-state index contributed by atoms with van der Waals surface area (Å²) < 4.78 is 4.93. The van der Waals surface area contributed by atoms with E-state index in [-0.39, 0.29) is 0 Å². The summed E-state index contributed by atoms with van der Waals surface area (Å²) in [5.41, 5.74) is 0. The van der Waals surface area contributed by atoms with Crippen molar-refractivity contribution in [2.24, 2.45) is 0 Å². The topological polar surface area (TPSA) is 62.8 Å². The predicted octanol–water partition coefficient (Wildman–Crippen LogP) is 0.831. The molecule has 0 fully saturated rings. The van der Waals surface area contributed by atoms with E-state index in [9.17, 15) is 0 Å². The maximum absolute atomic E-state index is 4.93. The van der Waals surface area contributed by atoms with E-state index in [1.807, 2.05) is 6.92 Å². The molecule has 0 saturated carbocycles. The first kappa shape index (κ1) is 12.5. The summed E-state index contributed by atoms with van der Waals surface area (Å²) in [7, 11) is 1.71. The number of rotatable bonds is 8. The van der Waals surface area contributed by atoms with Crippen LogP contribution in [0, 0.1) is 6.92 Å². The number of nitrogens with one attached hydrogen (secondary N) is 2. The quantitative estimate of drug-likeness (QED) is 0.511. The lowest BCUT2D eigenvalue weighted by Gasteiger charge is -2.02. The maximum atomic E-state index is 4.93. The monoisotopic (exact) mass is 230 g/mol. The molecule has 0 aromatic carbocycles. The number of H-pyrrole nitrogens is 1. The first-order chi connectivity index (χ1) is 7.33. The van der Waals surface area contributed by atoms with Crippen LogP contribution in [0.1, 0.15) is 12.2 Å². The van der Waals surface area contributed by atoms with Crippen LogP contribution in [0.3, 0.4) is 0 Å². The number of thioether (sulfide) groups is 1. The SMILES string of the molecule is COCCNCCCSc1n[nH]c(C)n1. The zero-order valence-corrected chi connectivity index (χ0v) is 10.1. The summed E-state index contributed by atoms with van der Waals surface area (Å²) in [6.07, 6.45) is 1.11. The molecule has 1 rings (SSSR count). The zero-order valence-electron chi connectivity index (χ0n) is 9.25. The maximum Gasteiger partial charge on any atom is 0.208 e. The number of aromatic nitrogens is 3. The van der Waals surface area contributed by atoms with Crippen molar-refractivity contribution in [3.8, 4) is 0 Å². The molecule has 5 nitrogen and oxygen atoms in total. The third-order valence-electron chi connectivity index (χ3n) is 1.79. The van der Waals surface area contributed by atoms with E-state index < -0.39 is 0 Å². The van der Waals surface area contributed by atoms with Crippen molar-refractivity contribution >= 4 is 11.8 Å². The summed E-state index contributed by atoms with van der Waals surface area (Å²) in [4.78, 5) is 4.21. The Morgan fingerprint density at radius 1 is 1.47 bits per heavy atom. The fourth-order valence-corrected chi connectivity index (χ4v) is 1.83. The summed E-state index contributed by atoms with van der Waals surface area (Å²) in [5.74, 6) is 1.91. The van der Waals surface area contributed by atoms with Gasteiger partial charge in [0.15, 0.2) is 0 Å². The van der Waals surface area contributed by atoms with E-state index in [0.717, 1.165) is 42.9 Å². The molecule has 1 aromatic rings. The molecule has 0 aliphatic heterocycles. The highest BCUT2D eigenvalue weighted by molar-refractivity contribution is 7.99. The minimum atomic E-state index is 0.771. The summed E-state index contributed by atoms with van der Waals surface area (Å²) >= 11 is 1.68. The molecule has 1 heterocycles. The van der Waals surface area contributed by atoms with E-state index in [0.29, 0.717) is 0 Å². The van der Waals surface area contributed by atoms with Crippen molar-refractivity contribution in [3.05, 3.63) is 5.82 Å². The molecule has 86 valence electrons. The molecule has 2 N–H and O–H groups in total. The predicted molar refractivity (Wildman–Crippen MR) is 61.2 cm³/mol. The third-order valence-corrected chi connectivity index (χ3v) is 2.72. The average Bonchev–Trinajstić information content (AvgIpc) is 2.63. The van der Waals surface area contributed by atoms with Crippen LogP contribution in [-0.4, -0.2) is 47.7 Å². The van der Waals surface area contributed by atoms with Gasteiger partial charge in [0, 0.05) is 19.4 Å². The van der Waals surface area contributed by atoms with Crippen LogP contribution in [0.5, 0.6) is 0 Å². The molecule has 0 amide bonds. The number of aromatic amines is 1. The van der Waals surface area contributed by atoms with Crippen LogP contribution in [0.2, 0.25) is 0 Å². The van der Waals surface area contributed by atoms with Gasteiger partial charge in [-0.25, -0.2) is 4.98 Å². The molecule has 1 aromatic heterocycles. The Morgan fingerprint density at radius 2 is 2.33 bits per heavy atom. The van der Waals surface area contributed by atoms with Gasteiger partial charge in [-0.2, -0.15) is 0 Å². The highest BCUT2D eigenvalue weighted by atomic mass is 32.2. The third kappa shape index (κ3) is 5.76. The molecule has 0 spiro atoms. The number of hydrogen-bond acceptors (Lipinski definition) is 5. The first-order valence-corrected chi connectivity index (χ1v) is 6.03. The second-order valence-corrected chi connectivity index (χ2v) is 4.21. The van der Waals surface area contributed by atoms with Crippen LogP contribution in [-0.2, 0) is 4.74 Å². The molecule has 0 aliphatic carbocycles. The van der Waals surface area contributed by atoms with Crippen LogP contribution >= 0.6 is 11.8 Å². The lowest BCUT2D eigenvalue weighted by molar-refractivity contribution is 0.199. The fourth-order valence-electron chi connectivity index (χ4n) is 1.05. The van der Waals surface area contributed by atoms with Crippen LogP contribution in [0.25, 0.3) is 0 Å². The van der Waals surface area contributed by atoms with Crippen molar-refractivity contribution in [3.63, 3.8) is 0 Å². The van der Waals surface area contributed by atoms with Gasteiger partial charge in [0.2, 0.25) is 5.16 Å². The number of ether oxygens (including phenoxy) is 1. The van der Waals surface area contributed by atoms with E-state index in [1.165, 1.54) is 0 Å². The molecular formula is C9H18N4OS. The normalized spacial score (nSPS) is 10.8. The molecule has 0 atom stereocenters. The lowest BCUT2D eigenvalue weighted by Crippen LogP contribution is -2.20. The lowest BCUT2D eigenvalue weighted by atomic mass is 10.5. The number of methoxy groups -OCH3 is 1. The summed E-state index contributed by atoms with van der Waals surface area (Å²) in [5, 5.41) is 11.0. The Hall–Kier alpha value is -0.590. The van der Waals surface area contributed by atoms with Gasteiger partial charge in [-0.05, 0) is 19.9 Å². The van der Waals surface area contributed by atoms with Crippen molar-refractivity contribution in [2.45, 2.75) is 18.5 Å². The Balaban J connectivity index is 1.93. The number of aryl methyl sites for hydroxylation is 1. The number of nitrogens with zero attached hydrogens (tertiary/aromatic N) is 2. The van der Waals surface area contributed by atoms with Gasteiger partial charge >= 0.3 is 0 Å². The van der Waals surface area contributed by atoms with Gasteiger partial charge in [-0.1, -0.05) is 11.8 Å². The molecule has 6 heteroatoms. The van der Waals surface area contributed by atoms with E-state index in [2.05, 4.69) is 20.5 Å². The van der Waals surface area contributed by atoms with Crippen LogP contribution in [0.4, 0.5) is 0 Å². The number of hydrogen-bond donors (Lipinski definition) is 2. The Bertz CT molecular complexity index is 266. The molecule has 0 saturated heterocycles. The Labute approximate surface area is 94.4 Å². The average molecular weight is 230 g/mol. The minimum Gasteiger partial charge on any atom is -0.383 e. The van der Waals surface area contributed by atoms with Gasteiger partial charge in [0.1, 0.15) is 5.82 Å². The zero-order chi connectivity index (χ0) is 10.9. The Kier molecular flexibility index (Phi) is 6.38. The summed E-state index contributed by atoms with van der Waals surface area (Å²) in [6.45, 7) is 4.61. The van der Waals surface area contributed by atoms with E-state index >= 15 is 0 Å². The second kappa shape index (κ2) is 7.67. The minimum absolute atomic E-state index is 0.771. The largest absolute Gasteiger partial charge is 0.383 e. The van der Waals surface area contributed by atoms with Gasteiger partial charge in [-0.15, -0.1) is 5.10 Å². The van der Waals surface area contributed by atoms with Crippen molar-refractivity contribution in [1.29, 1.82) is 0 Å². The fraction of sp³-hybridized carbons (Fsp3) is 0.778. The highest BCUT2D eigenvalue weighted by Gasteiger charge is 1.99. The van der Waals surface area contributed by atoms with Crippen molar-refractivity contribution < 1.29 is 4.74 Å². The molecular weight excluding hydrogens is 212 g/mol. The molecule has 0 radical (unpaired) electrons. The van der Waals surface area contributed by atoms with Gasteiger partial charge in [0.05, 0.1) is 6.61 Å². The summed E-state index contributed by atoms with van der Waals surface area (Å²) in [6, 6.07) is 0. The standard InChI is InChI=1S/C9H18N4OS/c1-8-11-9(13-12-8)15-7-3-4-10-5-6-14-2/h10H,3-7H2,1-2H3,(H,11,12,13). The molecule has 0 unspecified atom stereocenters. The van der Waals surface area contributed by atoms with Gasteiger partial charge < -0.3 is 10.1 Å². The van der Waals surface area contributed by atoms with Crippen molar-refractivity contribution in [2.75, 3.05) is 32.6 Å². The Morgan fingerprint density at radius 3 is 3.00 bits per heavy atom. The smallest absolute Gasteiger partial charge is 0.208 e. The van der Waals surface area contributed by atoms with Crippen LogP contribution in [0.15, 0.2) is 5.16 Å². The molecule has 0 aliphatic rings. The van der Waals surface area contributed by atoms with Crippen molar-refractivity contribution in [1.82, 2.24) is 20.5 Å².